The summed E-state index contributed by atoms with van der Waals surface area (Å²) in [5.41, 5.74) is 0. The van der Waals surface area contributed by atoms with Gasteiger partial charge in [-0.2, -0.15) is 0 Å². The standard InChI is InChI=1S/C17H32N4O/c1-15(17(22)21-8-4-2-3-5-9-21)19-10-12-20(13-11-19)16-6-7-18-14-16/h15-16,18H,2-14H2,1H3. The highest BCUT2D eigenvalue weighted by Gasteiger charge is 2.31. The van der Waals surface area contributed by atoms with Crippen molar-refractivity contribution in [3.8, 4) is 0 Å². The van der Waals surface area contributed by atoms with Gasteiger partial charge < -0.3 is 10.2 Å². The van der Waals surface area contributed by atoms with Crippen LogP contribution in [0.25, 0.3) is 0 Å². The molecule has 3 fully saturated rings. The van der Waals surface area contributed by atoms with Crippen molar-refractivity contribution in [3.05, 3.63) is 0 Å². The van der Waals surface area contributed by atoms with Gasteiger partial charge in [0.2, 0.25) is 5.91 Å². The molecule has 3 heterocycles. The predicted octanol–water partition coefficient (Wildman–Crippen LogP) is 0.757. The fourth-order valence-electron chi connectivity index (χ4n) is 4.15. The van der Waals surface area contributed by atoms with Crippen LogP contribution >= 0.6 is 0 Å². The van der Waals surface area contributed by atoms with E-state index < -0.39 is 0 Å². The zero-order valence-corrected chi connectivity index (χ0v) is 14.1. The van der Waals surface area contributed by atoms with Crippen molar-refractivity contribution < 1.29 is 4.79 Å². The van der Waals surface area contributed by atoms with Crippen LogP contribution in [0.15, 0.2) is 0 Å². The van der Waals surface area contributed by atoms with Gasteiger partial charge in [0.1, 0.15) is 0 Å². The van der Waals surface area contributed by atoms with Crippen molar-refractivity contribution in [1.29, 1.82) is 0 Å². The smallest absolute Gasteiger partial charge is 0.239 e. The van der Waals surface area contributed by atoms with Gasteiger partial charge in [0.15, 0.2) is 0 Å². The Morgan fingerprint density at radius 1 is 1.00 bits per heavy atom. The lowest BCUT2D eigenvalue weighted by molar-refractivity contribution is -0.137. The van der Waals surface area contributed by atoms with Crippen LogP contribution in [0.2, 0.25) is 0 Å². The maximum Gasteiger partial charge on any atom is 0.239 e. The molecule has 3 rings (SSSR count). The average Bonchev–Trinajstić information content (AvgIpc) is 2.96. The number of carbonyl (C=O) groups is 1. The Hall–Kier alpha value is -0.650. The summed E-state index contributed by atoms with van der Waals surface area (Å²) in [5, 5.41) is 3.45. The Morgan fingerprint density at radius 2 is 1.68 bits per heavy atom. The maximum absolute atomic E-state index is 12.7. The monoisotopic (exact) mass is 308 g/mol. The number of amides is 1. The molecule has 0 aromatic carbocycles. The molecular weight excluding hydrogens is 276 g/mol. The third-order valence-electron chi connectivity index (χ3n) is 5.72. The summed E-state index contributed by atoms with van der Waals surface area (Å²) in [4.78, 5) is 19.9. The van der Waals surface area contributed by atoms with E-state index >= 15 is 0 Å². The highest BCUT2D eigenvalue weighted by atomic mass is 16.2. The van der Waals surface area contributed by atoms with Crippen molar-refractivity contribution in [2.24, 2.45) is 0 Å². The zero-order valence-electron chi connectivity index (χ0n) is 14.1. The van der Waals surface area contributed by atoms with Gasteiger partial charge in [-0.25, -0.2) is 0 Å². The quantitative estimate of drug-likeness (QED) is 0.835. The van der Waals surface area contributed by atoms with E-state index in [2.05, 4.69) is 26.9 Å². The second kappa shape index (κ2) is 7.75. The molecule has 0 spiro atoms. The number of nitrogens with one attached hydrogen (secondary N) is 1. The molecule has 2 atom stereocenters. The third-order valence-corrected chi connectivity index (χ3v) is 5.72. The second-order valence-electron chi connectivity index (χ2n) is 7.13. The van der Waals surface area contributed by atoms with Crippen molar-refractivity contribution in [1.82, 2.24) is 20.0 Å². The molecule has 1 N–H and O–H groups in total. The van der Waals surface area contributed by atoms with Crippen LogP contribution in [0.5, 0.6) is 0 Å². The molecule has 3 aliphatic rings. The molecule has 0 saturated carbocycles. The largest absolute Gasteiger partial charge is 0.341 e. The van der Waals surface area contributed by atoms with E-state index in [4.69, 9.17) is 0 Å². The first-order valence-electron chi connectivity index (χ1n) is 9.23. The Morgan fingerprint density at radius 3 is 2.27 bits per heavy atom. The highest BCUT2D eigenvalue weighted by Crippen LogP contribution is 2.16. The van der Waals surface area contributed by atoms with Gasteiger partial charge >= 0.3 is 0 Å². The van der Waals surface area contributed by atoms with Crippen LogP contribution in [0.3, 0.4) is 0 Å². The number of carbonyl (C=O) groups excluding carboxylic acids is 1. The van der Waals surface area contributed by atoms with Gasteiger partial charge in [-0.15, -0.1) is 0 Å². The van der Waals surface area contributed by atoms with Crippen LogP contribution in [-0.4, -0.2) is 85.0 Å². The minimum atomic E-state index is 0.0574. The molecule has 0 radical (unpaired) electrons. The number of rotatable bonds is 3. The normalized spacial score (nSPS) is 30.2. The lowest BCUT2D eigenvalue weighted by Crippen LogP contribution is -2.56. The first-order valence-corrected chi connectivity index (χ1v) is 9.23. The van der Waals surface area contributed by atoms with E-state index in [0.29, 0.717) is 5.91 Å². The lowest BCUT2D eigenvalue weighted by atomic mass is 10.1. The predicted molar refractivity (Wildman–Crippen MR) is 88.9 cm³/mol. The lowest BCUT2D eigenvalue weighted by Gasteiger charge is -2.40. The summed E-state index contributed by atoms with van der Waals surface area (Å²) in [6.45, 7) is 10.7. The van der Waals surface area contributed by atoms with Crippen LogP contribution in [0, 0.1) is 0 Å². The highest BCUT2D eigenvalue weighted by molar-refractivity contribution is 5.81. The van der Waals surface area contributed by atoms with Crippen LogP contribution in [0.1, 0.15) is 39.0 Å². The van der Waals surface area contributed by atoms with Gasteiger partial charge in [-0.05, 0) is 32.7 Å². The van der Waals surface area contributed by atoms with Crippen LogP contribution < -0.4 is 5.32 Å². The Labute approximate surface area is 135 Å². The Bertz CT molecular complexity index is 354. The van der Waals surface area contributed by atoms with Crippen molar-refractivity contribution in [3.63, 3.8) is 0 Å². The number of piperazine rings is 1. The molecule has 5 nitrogen and oxygen atoms in total. The van der Waals surface area contributed by atoms with Gasteiger partial charge in [-0.1, -0.05) is 12.8 Å². The molecule has 0 aromatic rings. The molecule has 3 aliphatic heterocycles. The Kier molecular flexibility index (Phi) is 5.71. The van der Waals surface area contributed by atoms with E-state index in [1.165, 1.54) is 32.1 Å². The number of likely N-dealkylation sites (tertiary alicyclic amines) is 1. The first-order chi connectivity index (χ1) is 10.8. The minimum Gasteiger partial charge on any atom is -0.341 e. The van der Waals surface area contributed by atoms with E-state index in [1.54, 1.807) is 0 Å². The Balaban J connectivity index is 1.48. The molecule has 22 heavy (non-hydrogen) atoms. The number of hydrogen-bond donors (Lipinski definition) is 1. The molecule has 2 unspecified atom stereocenters. The molecule has 0 aromatic heterocycles. The van der Waals surface area contributed by atoms with Gasteiger partial charge in [-0.3, -0.25) is 14.6 Å². The van der Waals surface area contributed by atoms with Crippen LogP contribution in [0.4, 0.5) is 0 Å². The van der Waals surface area contributed by atoms with E-state index in [9.17, 15) is 4.79 Å². The zero-order chi connectivity index (χ0) is 15.4. The van der Waals surface area contributed by atoms with E-state index in [-0.39, 0.29) is 6.04 Å². The fraction of sp³-hybridized carbons (Fsp3) is 0.941. The number of nitrogens with zero attached hydrogens (tertiary/aromatic N) is 3. The van der Waals surface area contributed by atoms with Crippen molar-refractivity contribution in [2.75, 3.05) is 52.4 Å². The number of hydrogen-bond acceptors (Lipinski definition) is 4. The van der Waals surface area contributed by atoms with E-state index in [0.717, 1.165) is 58.4 Å². The second-order valence-corrected chi connectivity index (χ2v) is 7.13. The minimum absolute atomic E-state index is 0.0574. The molecule has 126 valence electrons. The average molecular weight is 308 g/mol. The van der Waals surface area contributed by atoms with Gasteiger partial charge in [0.25, 0.3) is 0 Å². The van der Waals surface area contributed by atoms with E-state index in [1.807, 2.05) is 0 Å². The fourth-order valence-corrected chi connectivity index (χ4v) is 4.15. The summed E-state index contributed by atoms with van der Waals surface area (Å²) in [7, 11) is 0. The summed E-state index contributed by atoms with van der Waals surface area (Å²) in [5.74, 6) is 0.359. The van der Waals surface area contributed by atoms with Crippen molar-refractivity contribution >= 4 is 5.91 Å². The SMILES string of the molecule is CC(C(=O)N1CCCCCC1)N1CCN(C2CCNC2)CC1. The maximum atomic E-state index is 12.7. The molecule has 1 amide bonds. The molecule has 0 bridgehead atoms. The molecule has 0 aliphatic carbocycles. The van der Waals surface area contributed by atoms with Crippen molar-refractivity contribution in [2.45, 2.75) is 51.1 Å². The van der Waals surface area contributed by atoms with Crippen LogP contribution in [-0.2, 0) is 4.79 Å². The molecule has 3 saturated heterocycles. The van der Waals surface area contributed by atoms with Gasteiger partial charge in [0.05, 0.1) is 6.04 Å². The topological polar surface area (TPSA) is 38.8 Å². The van der Waals surface area contributed by atoms with Gasteiger partial charge in [0, 0.05) is 51.9 Å². The summed E-state index contributed by atoms with van der Waals surface area (Å²) >= 11 is 0. The summed E-state index contributed by atoms with van der Waals surface area (Å²) in [6.07, 6.45) is 6.21. The molecule has 5 heteroatoms. The summed E-state index contributed by atoms with van der Waals surface area (Å²) in [6, 6.07) is 0.778. The first kappa shape index (κ1) is 16.2. The third kappa shape index (κ3) is 3.81. The molecular formula is C17H32N4O. The summed E-state index contributed by atoms with van der Waals surface area (Å²) < 4.78 is 0.